The first-order chi connectivity index (χ1) is 16.6. The second-order valence-corrected chi connectivity index (χ2v) is 8.81. The molecule has 1 saturated heterocycles. The first-order valence-corrected chi connectivity index (χ1v) is 11.8. The van der Waals surface area contributed by atoms with Gasteiger partial charge in [0, 0.05) is 62.7 Å². The molecule has 0 atom stereocenters. The lowest BCUT2D eigenvalue weighted by atomic mass is 10.1. The molecule has 5 heterocycles. The molecule has 9 heteroatoms. The Bertz CT molecular complexity index is 1150. The molecule has 2 amide bonds. The fourth-order valence-electron chi connectivity index (χ4n) is 5.03. The lowest BCUT2D eigenvalue weighted by Gasteiger charge is -2.34. The third kappa shape index (κ3) is 3.96. The summed E-state index contributed by atoms with van der Waals surface area (Å²) >= 11 is 0. The van der Waals surface area contributed by atoms with Crippen LogP contribution in [-0.4, -0.2) is 80.4 Å². The van der Waals surface area contributed by atoms with Crippen LogP contribution in [0.3, 0.4) is 0 Å². The highest BCUT2D eigenvalue weighted by molar-refractivity contribution is 6.22. The van der Waals surface area contributed by atoms with Gasteiger partial charge in [-0.25, -0.2) is 9.97 Å². The summed E-state index contributed by atoms with van der Waals surface area (Å²) in [5, 5.41) is 0. The maximum atomic E-state index is 13.1. The van der Waals surface area contributed by atoms with Crippen LogP contribution in [-0.2, 0) is 0 Å². The number of unbranched alkanes of at least 4 members (excludes halogenated alkanes) is 1. The van der Waals surface area contributed by atoms with E-state index in [2.05, 4.69) is 24.8 Å². The van der Waals surface area contributed by atoms with Gasteiger partial charge in [-0.2, -0.15) is 0 Å². The van der Waals surface area contributed by atoms with Crippen molar-refractivity contribution < 1.29 is 9.59 Å². The van der Waals surface area contributed by atoms with E-state index in [0.29, 0.717) is 17.7 Å². The van der Waals surface area contributed by atoms with Gasteiger partial charge in [-0.1, -0.05) is 0 Å². The third-order valence-corrected chi connectivity index (χ3v) is 6.78. The largest absolute Gasteiger partial charge is 0.338 e. The van der Waals surface area contributed by atoms with Gasteiger partial charge in [0.2, 0.25) is 5.95 Å². The Balaban J connectivity index is 1.15. The molecule has 5 rings (SSSR count). The summed E-state index contributed by atoms with van der Waals surface area (Å²) in [6.07, 6.45) is 8.74. The molecule has 2 aliphatic heterocycles. The first kappa shape index (κ1) is 22.2. The summed E-state index contributed by atoms with van der Waals surface area (Å²) in [6, 6.07) is 5.61. The van der Waals surface area contributed by atoms with Crippen molar-refractivity contribution in [3.05, 3.63) is 65.5 Å². The van der Waals surface area contributed by atoms with Gasteiger partial charge in [0.1, 0.15) is 0 Å². The number of anilines is 1. The quantitative estimate of drug-likeness (QED) is 0.396. The van der Waals surface area contributed by atoms with E-state index in [1.807, 2.05) is 36.6 Å². The highest BCUT2D eigenvalue weighted by Gasteiger charge is 2.41. The number of amides is 2. The minimum atomic E-state index is -0.181. The van der Waals surface area contributed by atoms with E-state index in [4.69, 9.17) is 0 Å². The molecule has 2 aliphatic rings. The van der Waals surface area contributed by atoms with E-state index in [-0.39, 0.29) is 11.8 Å². The zero-order valence-corrected chi connectivity index (χ0v) is 19.6. The Morgan fingerprint density at radius 2 is 1.47 bits per heavy atom. The second-order valence-electron chi connectivity index (χ2n) is 8.81. The average molecular weight is 460 g/mol. The molecule has 34 heavy (non-hydrogen) atoms. The number of hydrogen-bond acceptors (Lipinski definition) is 7. The molecule has 0 bridgehead atoms. The van der Waals surface area contributed by atoms with E-state index < -0.39 is 0 Å². The number of hydrogen-bond donors (Lipinski definition) is 0. The zero-order valence-electron chi connectivity index (χ0n) is 19.6. The number of pyridine rings is 1. The Morgan fingerprint density at radius 1 is 0.824 bits per heavy atom. The van der Waals surface area contributed by atoms with Gasteiger partial charge in [-0.15, -0.1) is 0 Å². The van der Waals surface area contributed by atoms with Gasteiger partial charge in [0.25, 0.3) is 11.8 Å². The van der Waals surface area contributed by atoms with Gasteiger partial charge < -0.3 is 9.47 Å². The summed E-state index contributed by atoms with van der Waals surface area (Å²) in [7, 11) is 0. The van der Waals surface area contributed by atoms with Gasteiger partial charge in [-0.05, 0) is 51.4 Å². The van der Waals surface area contributed by atoms with Crippen LogP contribution in [0.2, 0.25) is 0 Å². The van der Waals surface area contributed by atoms with Crippen molar-refractivity contribution >= 4 is 17.8 Å². The van der Waals surface area contributed by atoms with Crippen LogP contribution < -0.4 is 4.90 Å². The maximum Gasteiger partial charge on any atom is 0.263 e. The second kappa shape index (κ2) is 9.34. The molecule has 1 fully saturated rings. The van der Waals surface area contributed by atoms with Crippen LogP contribution in [0.15, 0.2) is 43.0 Å². The normalized spacial score (nSPS) is 16.4. The number of nitrogens with zero attached hydrogens (tertiary/aromatic N) is 7. The van der Waals surface area contributed by atoms with E-state index in [9.17, 15) is 9.59 Å². The molecule has 0 spiro atoms. The number of piperazine rings is 1. The van der Waals surface area contributed by atoms with Crippen LogP contribution in [0.4, 0.5) is 5.95 Å². The van der Waals surface area contributed by atoms with Gasteiger partial charge in [-0.3, -0.25) is 24.4 Å². The SMILES string of the molecule is Cc1c2c(c(C)n1-c1cccnc1)C(=O)N(CCCCN1CCN(c3ncccn3)CC1)C2=O. The Hall–Kier alpha value is -3.59. The van der Waals surface area contributed by atoms with E-state index in [1.54, 1.807) is 24.8 Å². The van der Waals surface area contributed by atoms with Gasteiger partial charge in [0.15, 0.2) is 0 Å². The molecule has 0 unspecified atom stereocenters. The van der Waals surface area contributed by atoms with Crippen molar-refractivity contribution in [3.63, 3.8) is 0 Å². The zero-order chi connectivity index (χ0) is 23.7. The van der Waals surface area contributed by atoms with Gasteiger partial charge in [0.05, 0.1) is 23.0 Å². The average Bonchev–Trinajstić information content (AvgIpc) is 3.28. The third-order valence-electron chi connectivity index (χ3n) is 6.78. The molecule has 176 valence electrons. The Labute approximate surface area is 199 Å². The lowest BCUT2D eigenvalue weighted by molar-refractivity contribution is 0.0648. The molecule has 3 aromatic rings. The molecular formula is C25H29N7O2. The van der Waals surface area contributed by atoms with Crippen molar-refractivity contribution in [3.8, 4) is 5.69 Å². The topological polar surface area (TPSA) is 87.5 Å². The summed E-state index contributed by atoms with van der Waals surface area (Å²) in [4.78, 5) is 45.2. The summed E-state index contributed by atoms with van der Waals surface area (Å²) < 4.78 is 1.95. The molecule has 0 aromatic carbocycles. The number of rotatable bonds is 7. The fourth-order valence-corrected chi connectivity index (χ4v) is 5.03. The van der Waals surface area contributed by atoms with Crippen LogP contribution in [0.1, 0.15) is 44.9 Å². The first-order valence-electron chi connectivity index (χ1n) is 11.8. The number of imide groups is 1. The minimum Gasteiger partial charge on any atom is -0.338 e. The number of carbonyl (C=O) groups excluding carboxylic acids is 2. The molecule has 3 aromatic heterocycles. The monoisotopic (exact) mass is 459 g/mol. The van der Waals surface area contributed by atoms with Crippen LogP contribution in [0, 0.1) is 13.8 Å². The molecule has 0 saturated carbocycles. The van der Waals surface area contributed by atoms with Crippen molar-refractivity contribution in [2.24, 2.45) is 0 Å². The Morgan fingerprint density at radius 3 is 2.09 bits per heavy atom. The number of fused-ring (bicyclic) bond motifs is 1. The highest BCUT2D eigenvalue weighted by atomic mass is 16.2. The van der Waals surface area contributed by atoms with E-state index >= 15 is 0 Å². The number of carbonyl (C=O) groups is 2. The molecule has 0 aliphatic carbocycles. The molecule has 0 N–H and O–H groups in total. The number of aromatic nitrogens is 4. The fraction of sp³-hybridized carbons (Fsp3) is 0.400. The standard InChI is InChI=1S/C25H29N7O2/c1-18-21-22(19(2)32(18)20-7-5-8-26-17-20)24(34)31(23(21)33)12-4-3-11-29-13-15-30(16-14-29)25-27-9-6-10-28-25/h5-10,17H,3-4,11-16H2,1-2H3. The van der Waals surface area contributed by atoms with E-state index in [0.717, 1.165) is 68.6 Å². The van der Waals surface area contributed by atoms with Crippen molar-refractivity contribution in [1.82, 2.24) is 29.3 Å². The van der Waals surface area contributed by atoms with Crippen LogP contribution >= 0.6 is 0 Å². The minimum absolute atomic E-state index is 0.181. The van der Waals surface area contributed by atoms with Gasteiger partial charge >= 0.3 is 0 Å². The van der Waals surface area contributed by atoms with Crippen molar-refractivity contribution in [2.75, 3.05) is 44.2 Å². The summed E-state index contributed by atoms with van der Waals surface area (Å²) in [6.45, 7) is 8.93. The van der Waals surface area contributed by atoms with Crippen LogP contribution in [0.5, 0.6) is 0 Å². The van der Waals surface area contributed by atoms with Crippen molar-refractivity contribution in [1.29, 1.82) is 0 Å². The maximum absolute atomic E-state index is 13.1. The Kier molecular flexibility index (Phi) is 6.10. The van der Waals surface area contributed by atoms with Crippen molar-refractivity contribution in [2.45, 2.75) is 26.7 Å². The lowest BCUT2D eigenvalue weighted by Crippen LogP contribution is -2.47. The smallest absolute Gasteiger partial charge is 0.263 e. The predicted octanol–water partition coefficient (Wildman–Crippen LogP) is 2.48. The predicted molar refractivity (Wildman–Crippen MR) is 128 cm³/mol. The molecular weight excluding hydrogens is 430 g/mol. The van der Waals surface area contributed by atoms with Crippen LogP contribution in [0.25, 0.3) is 5.69 Å². The van der Waals surface area contributed by atoms with E-state index in [1.165, 1.54) is 4.90 Å². The molecule has 0 radical (unpaired) electrons. The summed E-state index contributed by atoms with van der Waals surface area (Å²) in [5.41, 5.74) is 3.51. The summed E-state index contributed by atoms with van der Waals surface area (Å²) in [5.74, 6) is 0.425. The molecule has 9 nitrogen and oxygen atoms in total. The highest BCUT2D eigenvalue weighted by Crippen LogP contribution is 2.33.